The predicted molar refractivity (Wildman–Crippen MR) is 101 cm³/mol. The van der Waals surface area contributed by atoms with Crippen molar-refractivity contribution in [3.63, 3.8) is 0 Å². The molecule has 0 heterocycles. The number of aryl methyl sites for hydroxylation is 1. The van der Waals surface area contributed by atoms with Crippen molar-refractivity contribution in [1.29, 1.82) is 0 Å². The van der Waals surface area contributed by atoms with Crippen LogP contribution < -0.4 is 0 Å². The molecule has 3 rings (SSSR count). The van der Waals surface area contributed by atoms with Gasteiger partial charge in [-0.15, -0.1) is 0 Å². The van der Waals surface area contributed by atoms with E-state index in [1.165, 1.54) is 0 Å². The van der Waals surface area contributed by atoms with Gasteiger partial charge in [0, 0.05) is 0 Å². The maximum absolute atomic E-state index is 11.0. The number of aromatic carboxylic acids is 2. The quantitative estimate of drug-likeness (QED) is 0.683. The lowest BCUT2D eigenvalue weighted by molar-refractivity contribution is 0.0686. The molecule has 3 aromatic rings. The summed E-state index contributed by atoms with van der Waals surface area (Å²) in [6, 6.07) is 19.8. The SMILES string of the molecule is CCc1cc(-c2ccc(C(=O)O)cc2)cc(-c2ccc(C(=O)O)cc2)c1. The van der Waals surface area contributed by atoms with Crippen LogP contribution in [0.2, 0.25) is 0 Å². The zero-order valence-electron chi connectivity index (χ0n) is 14.3. The number of carbonyl (C=O) groups is 2. The summed E-state index contributed by atoms with van der Waals surface area (Å²) in [5, 5.41) is 18.1. The highest BCUT2D eigenvalue weighted by molar-refractivity contribution is 5.89. The van der Waals surface area contributed by atoms with Crippen LogP contribution in [0.4, 0.5) is 0 Å². The Labute approximate surface area is 151 Å². The Bertz CT molecular complexity index is 879. The lowest BCUT2D eigenvalue weighted by Crippen LogP contribution is -1.96. The van der Waals surface area contributed by atoms with Crippen molar-refractivity contribution >= 4 is 11.9 Å². The molecule has 0 spiro atoms. The molecule has 0 unspecified atom stereocenters. The van der Waals surface area contributed by atoms with Gasteiger partial charge in [-0.3, -0.25) is 0 Å². The van der Waals surface area contributed by atoms with Crippen LogP contribution >= 0.6 is 0 Å². The molecule has 0 radical (unpaired) electrons. The molecule has 0 aliphatic rings. The van der Waals surface area contributed by atoms with Gasteiger partial charge in [0.1, 0.15) is 0 Å². The largest absolute Gasteiger partial charge is 0.478 e. The van der Waals surface area contributed by atoms with Crippen LogP contribution in [-0.4, -0.2) is 22.2 Å². The van der Waals surface area contributed by atoms with Gasteiger partial charge < -0.3 is 10.2 Å². The monoisotopic (exact) mass is 346 g/mol. The minimum absolute atomic E-state index is 0.255. The summed E-state index contributed by atoms with van der Waals surface area (Å²) < 4.78 is 0. The Hall–Kier alpha value is -3.40. The highest BCUT2D eigenvalue weighted by atomic mass is 16.4. The zero-order valence-corrected chi connectivity index (χ0v) is 14.3. The number of carboxylic acids is 2. The van der Waals surface area contributed by atoms with E-state index >= 15 is 0 Å². The third-order valence-electron chi connectivity index (χ3n) is 4.33. The minimum Gasteiger partial charge on any atom is -0.478 e. The minimum atomic E-state index is -0.946. The Morgan fingerprint density at radius 1 is 0.654 bits per heavy atom. The van der Waals surface area contributed by atoms with E-state index in [2.05, 4.69) is 19.1 Å². The van der Waals surface area contributed by atoms with E-state index in [1.54, 1.807) is 48.5 Å². The van der Waals surface area contributed by atoms with Crippen molar-refractivity contribution in [2.24, 2.45) is 0 Å². The van der Waals surface area contributed by atoms with E-state index in [9.17, 15) is 9.59 Å². The van der Waals surface area contributed by atoms with Gasteiger partial charge in [-0.1, -0.05) is 43.3 Å². The van der Waals surface area contributed by atoms with E-state index in [0.29, 0.717) is 0 Å². The van der Waals surface area contributed by atoms with E-state index in [1.807, 2.05) is 6.07 Å². The molecule has 0 aliphatic heterocycles. The van der Waals surface area contributed by atoms with E-state index in [0.717, 1.165) is 34.2 Å². The van der Waals surface area contributed by atoms with Crippen LogP contribution in [0.3, 0.4) is 0 Å². The summed E-state index contributed by atoms with van der Waals surface area (Å²) >= 11 is 0. The Kier molecular flexibility index (Phi) is 4.85. The number of carboxylic acid groups (broad SMARTS) is 2. The van der Waals surface area contributed by atoms with E-state index < -0.39 is 11.9 Å². The van der Waals surface area contributed by atoms with Crippen LogP contribution in [-0.2, 0) is 6.42 Å². The molecule has 130 valence electrons. The topological polar surface area (TPSA) is 74.6 Å². The number of hydrogen-bond acceptors (Lipinski definition) is 2. The van der Waals surface area contributed by atoms with Crippen LogP contribution in [0.15, 0.2) is 66.7 Å². The van der Waals surface area contributed by atoms with Gasteiger partial charge >= 0.3 is 11.9 Å². The van der Waals surface area contributed by atoms with E-state index in [-0.39, 0.29) is 11.1 Å². The van der Waals surface area contributed by atoms with E-state index in [4.69, 9.17) is 10.2 Å². The van der Waals surface area contributed by atoms with Crippen LogP contribution in [0.25, 0.3) is 22.3 Å². The average molecular weight is 346 g/mol. The Morgan fingerprint density at radius 3 is 1.35 bits per heavy atom. The molecular formula is C22H18O4. The molecule has 4 heteroatoms. The fourth-order valence-corrected chi connectivity index (χ4v) is 2.84. The lowest BCUT2D eigenvalue weighted by Gasteiger charge is -2.10. The molecule has 0 aliphatic carbocycles. The average Bonchev–Trinajstić information content (AvgIpc) is 2.67. The van der Waals surface area contributed by atoms with Crippen molar-refractivity contribution in [2.75, 3.05) is 0 Å². The first kappa shape index (κ1) is 17.4. The Balaban J connectivity index is 2.03. The second-order valence-corrected chi connectivity index (χ2v) is 6.04. The molecule has 0 fully saturated rings. The van der Waals surface area contributed by atoms with Gasteiger partial charge in [-0.05, 0) is 64.6 Å². The maximum Gasteiger partial charge on any atom is 0.335 e. The molecule has 0 aromatic heterocycles. The summed E-state index contributed by atoms with van der Waals surface area (Å²) in [5.41, 5.74) is 5.54. The van der Waals surface area contributed by atoms with Crippen molar-refractivity contribution in [3.05, 3.63) is 83.4 Å². The molecule has 0 saturated carbocycles. The molecular weight excluding hydrogens is 328 g/mol. The molecule has 2 N–H and O–H groups in total. The van der Waals surface area contributed by atoms with Gasteiger partial charge in [0.15, 0.2) is 0 Å². The highest BCUT2D eigenvalue weighted by Crippen LogP contribution is 2.29. The molecule has 0 amide bonds. The van der Waals surface area contributed by atoms with Crippen molar-refractivity contribution in [3.8, 4) is 22.3 Å². The molecule has 3 aromatic carbocycles. The van der Waals surface area contributed by atoms with Crippen molar-refractivity contribution in [1.82, 2.24) is 0 Å². The van der Waals surface area contributed by atoms with Crippen LogP contribution in [0, 0.1) is 0 Å². The molecule has 0 saturated heterocycles. The molecule has 4 nitrogen and oxygen atoms in total. The zero-order chi connectivity index (χ0) is 18.7. The van der Waals surface area contributed by atoms with Crippen molar-refractivity contribution in [2.45, 2.75) is 13.3 Å². The second-order valence-electron chi connectivity index (χ2n) is 6.04. The summed E-state index contributed by atoms with van der Waals surface area (Å²) in [7, 11) is 0. The fourth-order valence-electron chi connectivity index (χ4n) is 2.84. The lowest BCUT2D eigenvalue weighted by atomic mass is 9.94. The van der Waals surface area contributed by atoms with Crippen LogP contribution in [0.1, 0.15) is 33.2 Å². The van der Waals surface area contributed by atoms with Gasteiger partial charge in [0.05, 0.1) is 11.1 Å². The third-order valence-corrected chi connectivity index (χ3v) is 4.33. The number of hydrogen-bond donors (Lipinski definition) is 2. The highest BCUT2D eigenvalue weighted by Gasteiger charge is 2.08. The second kappa shape index (κ2) is 7.23. The smallest absolute Gasteiger partial charge is 0.335 e. The van der Waals surface area contributed by atoms with Gasteiger partial charge in [-0.25, -0.2) is 9.59 Å². The van der Waals surface area contributed by atoms with Gasteiger partial charge in [-0.2, -0.15) is 0 Å². The summed E-state index contributed by atoms with van der Waals surface area (Å²) in [5.74, 6) is -1.89. The first-order valence-electron chi connectivity index (χ1n) is 8.29. The van der Waals surface area contributed by atoms with Crippen LogP contribution in [0.5, 0.6) is 0 Å². The van der Waals surface area contributed by atoms with Gasteiger partial charge in [0.25, 0.3) is 0 Å². The predicted octanol–water partition coefficient (Wildman–Crippen LogP) is 4.98. The molecule has 0 atom stereocenters. The van der Waals surface area contributed by atoms with Crippen molar-refractivity contribution < 1.29 is 19.8 Å². The summed E-state index contributed by atoms with van der Waals surface area (Å²) in [6.07, 6.45) is 0.862. The molecule has 0 bridgehead atoms. The Morgan fingerprint density at radius 2 is 1.04 bits per heavy atom. The normalized spacial score (nSPS) is 10.5. The third kappa shape index (κ3) is 3.64. The first-order chi connectivity index (χ1) is 12.5. The number of rotatable bonds is 5. The van der Waals surface area contributed by atoms with Gasteiger partial charge in [0.2, 0.25) is 0 Å². The summed E-state index contributed by atoms with van der Waals surface area (Å²) in [6.45, 7) is 2.07. The maximum atomic E-state index is 11.0. The number of benzene rings is 3. The molecule has 26 heavy (non-hydrogen) atoms. The standard InChI is InChI=1S/C22H18O4/c1-2-14-11-19(15-3-7-17(8-4-15)21(23)24)13-20(12-14)16-5-9-18(10-6-16)22(25)26/h3-13H,2H2,1H3,(H,23,24)(H,25,26). The summed E-state index contributed by atoms with van der Waals surface area (Å²) in [4.78, 5) is 22.0. The first-order valence-corrected chi connectivity index (χ1v) is 8.29. The fraction of sp³-hybridized carbons (Fsp3) is 0.0909.